The second-order valence-electron chi connectivity index (χ2n) is 6.05. The van der Waals surface area contributed by atoms with E-state index in [1.54, 1.807) is 11.8 Å². The average Bonchev–Trinajstić information content (AvgIpc) is 2.50. The van der Waals surface area contributed by atoms with E-state index < -0.39 is 5.66 Å². The molecule has 1 aromatic carbocycles. The Kier molecular flexibility index (Phi) is 3.68. The lowest BCUT2D eigenvalue weighted by atomic mass is 9.87. The van der Waals surface area contributed by atoms with Crippen molar-refractivity contribution in [2.75, 3.05) is 4.90 Å². The third-order valence-electron chi connectivity index (χ3n) is 4.49. The summed E-state index contributed by atoms with van der Waals surface area (Å²) in [7, 11) is 0. The molecule has 1 fully saturated rings. The highest BCUT2D eigenvalue weighted by Crippen LogP contribution is 2.40. The number of nitrogens with zero attached hydrogens (tertiary/aromatic N) is 4. The summed E-state index contributed by atoms with van der Waals surface area (Å²) < 4.78 is 14.1. The van der Waals surface area contributed by atoms with E-state index in [1.165, 1.54) is 12.1 Å². The van der Waals surface area contributed by atoms with Crippen molar-refractivity contribution in [3.8, 4) is 6.07 Å². The van der Waals surface area contributed by atoms with Gasteiger partial charge in [-0.1, -0.05) is 6.42 Å². The van der Waals surface area contributed by atoms with Crippen LogP contribution in [0.4, 0.5) is 10.1 Å². The van der Waals surface area contributed by atoms with Gasteiger partial charge in [-0.3, -0.25) is 4.90 Å². The minimum absolute atomic E-state index is 0.131. The molecule has 1 heterocycles. The lowest BCUT2D eigenvalue weighted by Crippen LogP contribution is -2.58. The van der Waals surface area contributed by atoms with Crippen molar-refractivity contribution in [3.05, 3.63) is 29.1 Å². The Morgan fingerprint density at radius 1 is 1.26 bits per heavy atom. The molecule has 0 aromatic heterocycles. The van der Waals surface area contributed by atoms with Gasteiger partial charge in [-0.05, 0) is 50.3 Å². The number of nitrogens with two attached hydrogens (primary N) is 2. The van der Waals surface area contributed by atoms with Crippen LogP contribution in [0.3, 0.4) is 0 Å². The Hall–Kier alpha value is -2.62. The first-order valence-corrected chi connectivity index (χ1v) is 7.67. The molecule has 0 atom stereocenters. The van der Waals surface area contributed by atoms with Gasteiger partial charge in [-0.25, -0.2) is 9.38 Å². The van der Waals surface area contributed by atoms with Crippen LogP contribution in [0.2, 0.25) is 0 Å². The Balaban J connectivity index is 2.18. The highest BCUT2D eigenvalue weighted by molar-refractivity contribution is 6.06. The van der Waals surface area contributed by atoms with E-state index in [9.17, 15) is 9.65 Å². The van der Waals surface area contributed by atoms with Gasteiger partial charge in [0, 0.05) is 0 Å². The van der Waals surface area contributed by atoms with Crippen LogP contribution in [0.5, 0.6) is 0 Å². The zero-order valence-corrected chi connectivity index (χ0v) is 13.0. The van der Waals surface area contributed by atoms with Gasteiger partial charge in [-0.15, -0.1) is 0 Å². The summed E-state index contributed by atoms with van der Waals surface area (Å²) in [6.45, 7) is 1.63. The molecule has 1 aromatic rings. The molecule has 23 heavy (non-hydrogen) atoms. The molecule has 1 aliphatic heterocycles. The first kappa shape index (κ1) is 15.3. The van der Waals surface area contributed by atoms with Crippen molar-refractivity contribution in [1.29, 1.82) is 5.26 Å². The Bertz CT molecular complexity index is 740. The van der Waals surface area contributed by atoms with Crippen LogP contribution in [0.1, 0.15) is 43.2 Å². The molecule has 3 rings (SSSR count). The number of hydrogen-bond acceptors (Lipinski definition) is 6. The molecule has 4 N–H and O–H groups in total. The fourth-order valence-electron chi connectivity index (χ4n) is 3.42. The van der Waals surface area contributed by atoms with Gasteiger partial charge in [0.2, 0.25) is 11.9 Å². The number of halogens is 1. The minimum Gasteiger partial charge on any atom is -0.369 e. The molecular weight excluding hydrogens is 295 g/mol. The SMILES string of the molecule is Cc1cc(C#N)c(N2C(N)=NC(N)=NC23CCCCC3)cc1F. The van der Waals surface area contributed by atoms with E-state index in [4.69, 9.17) is 11.5 Å². The second kappa shape index (κ2) is 5.54. The maximum atomic E-state index is 14.1. The Morgan fingerprint density at radius 2 is 1.96 bits per heavy atom. The van der Waals surface area contributed by atoms with Crippen molar-refractivity contribution in [2.24, 2.45) is 21.5 Å². The summed E-state index contributed by atoms with van der Waals surface area (Å²) in [6.07, 6.45) is 4.53. The lowest BCUT2D eigenvalue weighted by molar-refractivity contribution is 0.305. The molecule has 2 aliphatic rings. The highest BCUT2D eigenvalue weighted by atomic mass is 19.1. The van der Waals surface area contributed by atoms with Gasteiger partial charge in [0.1, 0.15) is 17.5 Å². The number of aliphatic imine (C=N–C) groups is 2. The standard InChI is InChI=1S/C16H19FN6/c1-10-7-11(9-18)13(8-12(10)17)23-15(20)21-14(19)22-16(23)5-3-2-4-6-16/h7-8H,2-6H2,1H3,(H4,19,20,21,22). The van der Waals surface area contributed by atoms with Crippen LogP contribution in [-0.4, -0.2) is 17.6 Å². The summed E-state index contributed by atoms with van der Waals surface area (Å²) in [5.74, 6) is -0.105. The molecule has 0 radical (unpaired) electrons. The smallest absolute Gasteiger partial charge is 0.220 e. The zero-order chi connectivity index (χ0) is 16.6. The van der Waals surface area contributed by atoms with E-state index in [1.807, 2.05) is 0 Å². The van der Waals surface area contributed by atoms with Gasteiger partial charge in [-0.2, -0.15) is 10.3 Å². The van der Waals surface area contributed by atoms with Crippen molar-refractivity contribution in [1.82, 2.24) is 0 Å². The molecular formula is C16H19FN6. The van der Waals surface area contributed by atoms with Gasteiger partial charge in [0.15, 0.2) is 0 Å². The van der Waals surface area contributed by atoms with E-state index in [0.29, 0.717) is 16.8 Å². The molecule has 1 aliphatic carbocycles. The van der Waals surface area contributed by atoms with E-state index in [-0.39, 0.29) is 17.7 Å². The number of aryl methyl sites for hydroxylation is 1. The second-order valence-corrected chi connectivity index (χ2v) is 6.05. The Labute approximate surface area is 134 Å². The van der Waals surface area contributed by atoms with E-state index in [0.717, 1.165) is 32.1 Å². The molecule has 0 saturated heterocycles. The largest absolute Gasteiger partial charge is 0.369 e. The normalized spacial score (nSPS) is 20.0. The van der Waals surface area contributed by atoms with Gasteiger partial charge in [0.05, 0.1) is 11.3 Å². The quantitative estimate of drug-likeness (QED) is 0.828. The van der Waals surface area contributed by atoms with Crippen LogP contribution < -0.4 is 16.4 Å². The molecule has 0 amide bonds. The van der Waals surface area contributed by atoms with Crippen molar-refractivity contribution >= 4 is 17.6 Å². The summed E-state index contributed by atoms with van der Waals surface area (Å²) >= 11 is 0. The topological polar surface area (TPSA) is 104 Å². The van der Waals surface area contributed by atoms with Crippen molar-refractivity contribution in [3.63, 3.8) is 0 Å². The number of benzene rings is 1. The van der Waals surface area contributed by atoms with Gasteiger partial charge in [0.25, 0.3) is 0 Å². The predicted molar refractivity (Wildman–Crippen MR) is 87.4 cm³/mol. The van der Waals surface area contributed by atoms with Crippen LogP contribution in [-0.2, 0) is 0 Å². The van der Waals surface area contributed by atoms with Gasteiger partial charge >= 0.3 is 0 Å². The number of guanidine groups is 2. The third kappa shape index (κ3) is 2.50. The van der Waals surface area contributed by atoms with Gasteiger partial charge < -0.3 is 11.5 Å². The average molecular weight is 314 g/mol. The summed E-state index contributed by atoms with van der Waals surface area (Å²) in [5.41, 5.74) is 12.4. The fourth-order valence-corrected chi connectivity index (χ4v) is 3.42. The van der Waals surface area contributed by atoms with Crippen molar-refractivity contribution < 1.29 is 4.39 Å². The zero-order valence-electron chi connectivity index (χ0n) is 13.0. The van der Waals surface area contributed by atoms with Crippen LogP contribution >= 0.6 is 0 Å². The Morgan fingerprint density at radius 3 is 2.61 bits per heavy atom. The predicted octanol–water partition coefficient (Wildman–Crippen LogP) is 2.12. The maximum Gasteiger partial charge on any atom is 0.220 e. The van der Waals surface area contributed by atoms with Crippen molar-refractivity contribution in [2.45, 2.75) is 44.7 Å². The first-order valence-electron chi connectivity index (χ1n) is 7.67. The van der Waals surface area contributed by atoms with E-state index in [2.05, 4.69) is 16.1 Å². The lowest BCUT2D eigenvalue weighted by Gasteiger charge is -2.45. The molecule has 6 nitrogen and oxygen atoms in total. The minimum atomic E-state index is -0.679. The first-order chi connectivity index (χ1) is 11.0. The summed E-state index contributed by atoms with van der Waals surface area (Å²) in [5, 5.41) is 9.45. The maximum absolute atomic E-state index is 14.1. The number of rotatable bonds is 1. The molecule has 7 heteroatoms. The molecule has 0 unspecified atom stereocenters. The number of hydrogen-bond donors (Lipinski definition) is 2. The summed E-state index contributed by atoms with van der Waals surface area (Å²) in [6, 6.07) is 4.98. The van der Waals surface area contributed by atoms with Crippen LogP contribution in [0.25, 0.3) is 0 Å². The molecule has 1 saturated carbocycles. The van der Waals surface area contributed by atoms with E-state index >= 15 is 0 Å². The number of nitriles is 1. The van der Waals surface area contributed by atoms with Crippen LogP contribution in [0, 0.1) is 24.1 Å². The highest BCUT2D eigenvalue weighted by Gasteiger charge is 2.43. The summed E-state index contributed by atoms with van der Waals surface area (Å²) in [4.78, 5) is 10.2. The number of anilines is 1. The fraction of sp³-hybridized carbons (Fsp3) is 0.438. The third-order valence-corrected chi connectivity index (χ3v) is 4.49. The molecule has 0 bridgehead atoms. The molecule has 120 valence electrons. The molecule has 1 spiro atoms. The van der Waals surface area contributed by atoms with Crippen LogP contribution in [0.15, 0.2) is 22.1 Å². The monoisotopic (exact) mass is 314 g/mol.